The third kappa shape index (κ3) is 4.40. The molecule has 0 unspecified atom stereocenters. The van der Waals surface area contributed by atoms with Gasteiger partial charge in [0.1, 0.15) is 0 Å². The van der Waals surface area contributed by atoms with Crippen molar-refractivity contribution in [1.29, 1.82) is 0 Å². The van der Waals surface area contributed by atoms with Crippen LogP contribution < -0.4 is 0 Å². The first-order valence-electron chi connectivity index (χ1n) is 3.64. The summed E-state index contributed by atoms with van der Waals surface area (Å²) >= 11 is 0. The van der Waals surface area contributed by atoms with Crippen molar-refractivity contribution in [1.82, 2.24) is 0 Å². The van der Waals surface area contributed by atoms with Crippen molar-refractivity contribution in [3.8, 4) is 12.3 Å². The largest absolute Gasteiger partial charge is 0.389 e. The SMILES string of the molecule is C#CC[C@@](C)(O)CC(C)C. The average molecular weight is 140 g/mol. The molecule has 10 heavy (non-hydrogen) atoms. The van der Waals surface area contributed by atoms with E-state index in [1.54, 1.807) is 6.92 Å². The summed E-state index contributed by atoms with van der Waals surface area (Å²) in [4.78, 5) is 0. The van der Waals surface area contributed by atoms with Crippen molar-refractivity contribution >= 4 is 0 Å². The Morgan fingerprint density at radius 2 is 2.10 bits per heavy atom. The van der Waals surface area contributed by atoms with Crippen LogP contribution in [0.2, 0.25) is 0 Å². The maximum Gasteiger partial charge on any atom is 0.0730 e. The fourth-order valence-electron chi connectivity index (χ4n) is 1.17. The van der Waals surface area contributed by atoms with Crippen LogP contribution in [0.3, 0.4) is 0 Å². The van der Waals surface area contributed by atoms with Crippen molar-refractivity contribution < 1.29 is 5.11 Å². The number of hydrogen-bond acceptors (Lipinski definition) is 1. The first-order chi connectivity index (χ1) is 4.48. The highest BCUT2D eigenvalue weighted by Gasteiger charge is 2.19. The molecule has 0 aliphatic rings. The summed E-state index contributed by atoms with van der Waals surface area (Å²) in [7, 11) is 0. The molecule has 1 heteroatoms. The van der Waals surface area contributed by atoms with Gasteiger partial charge >= 0.3 is 0 Å². The van der Waals surface area contributed by atoms with E-state index in [0.717, 1.165) is 6.42 Å². The smallest absolute Gasteiger partial charge is 0.0730 e. The number of hydrogen-bond donors (Lipinski definition) is 1. The zero-order valence-electron chi connectivity index (χ0n) is 7.02. The molecule has 0 saturated carbocycles. The molecule has 0 aromatic carbocycles. The summed E-state index contributed by atoms with van der Waals surface area (Å²) < 4.78 is 0. The fraction of sp³-hybridized carbons (Fsp3) is 0.778. The summed E-state index contributed by atoms with van der Waals surface area (Å²) in [6.45, 7) is 5.93. The van der Waals surface area contributed by atoms with E-state index in [9.17, 15) is 5.11 Å². The van der Waals surface area contributed by atoms with E-state index in [2.05, 4.69) is 19.8 Å². The second-order valence-electron chi connectivity index (χ2n) is 3.48. The van der Waals surface area contributed by atoms with Crippen molar-refractivity contribution in [2.24, 2.45) is 5.92 Å². The van der Waals surface area contributed by atoms with E-state index >= 15 is 0 Å². The van der Waals surface area contributed by atoms with Gasteiger partial charge in [0.25, 0.3) is 0 Å². The summed E-state index contributed by atoms with van der Waals surface area (Å²) in [6.07, 6.45) is 6.30. The molecule has 1 nitrogen and oxygen atoms in total. The van der Waals surface area contributed by atoms with Crippen LogP contribution in [0.4, 0.5) is 0 Å². The summed E-state index contributed by atoms with van der Waals surface area (Å²) in [5, 5.41) is 9.54. The molecule has 0 aliphatic carbocycles. The van der Waals surface area contributed by atoms with Crippen LogP contribution in [0.5, 0.6) is 0 Å². The van der Waals surface area contributed by atoms with Gasteiger partial charge < -0.3 is 5.11 Å². The predicted molar refractivity (Wildman–Crippen MR) is 43.5 cm³/mol. The van der Waals surface area contributed by atoms with Gasteiger partial charge in [-0.25, -0.2) is 0 Å². The minimum atomic E-state index is -0.664. The van der Waals surface area contributed by atoms with Crippen LogP contribution in [-0.2, 0) is 0 Å². The molecular weight excluding hydrogens is 124 g/mol. The second kappa shape index (κ2) is 3.63. The number of rotatable bonds is 3. The Bertz CT molecular complexity index is 128. The number of aliphatic hydroxyl groups is 1. The molecule has 0 heterocycles. The molecule has 58 valence electrons. The highest BCUT2D eigenvalue weighted by Crippen LogP contribution is 2.18. The van der Waals surface area contributed by atoms with Gasteiger partial charge in [-0.3, -0.25) is 0 Å². The molecule has 0 aromatic rings. The normalized spacial score (nSPS) is 16.4. The van der Waals surface area contributed by atoms with Crippen molar-refractivity contribution in [2.45, 2.75) is 39.2 Å². The molecular formula is C9H16O. The quantitative estimate of drug-likeness (QED) is 0.593. The average Bonchev–Trinajstić information content (AvgIpc) is 1.59. The maximum absolute atomic E-state index is 9.54. The second-order valence-corrected chi connectivity index (χ2v) is 3.48. The Labute approximate surface area is 63.5 Å². The maximum atomic E-state index is 9.54. The molecule has 0 spiro atoms. The van der Waals surface area contributed by atoms with Gasteiger partial charge in [0.05, 0.1) is 5.60 Å². The summed E-state index contributed by atoms with van der Waals surface area (Å²) in [5.74, 6) is 2.97. The predicted octanol–water partition coefficient (Wildman–Crippen LogP) is 1.81. The fourth-order valence-corrected chi connectivity index (χ4v) is 1.17. The molecule has 0 aliphatic heterocycles. The van der Waals surface area contributed by atoms with Gasteiger partial charge in [-0.05, 0) is 19.3 Å². The summed E-state index contributed by atoms with van der Waals surface area (Å²) in [6, 6.07) is 0. The van der Waals surface area contributed by atoms with Gasteiger partial charge in [0.2, 0.25) is 0 Å². The minimum Gasteiger partial charge on any atom is -0.389 e. The van der Waals surface area contributed by atoms with Crippen molar-refractivity contribution in [3.63, 3.8) is 0 Å². The molecule has 0 saturated heterocycles. The third-order valence-corrected chi connectivity index (χ3v) is 1.33. The molecule has 0 bridgehead atoms. The first-order valence-corrected chi connectivity index (χ1v) is 3.64. The van der Waals surface area contributed by atoms with Crippen LogP contribution in [0, 0.1) is 18.3 Å². The molecule has 0 amide bonds. The standard InChI is InChI=1S/C9H16O/c1-5-6-9(4,10)7-8(2)3/h1,8,10H,6-7H2,2-4H3/t9-/m1/s1. The van der Waals surface area contributed by atoms with Gasteiger partial charge in [-0.1, -0.05) is 13.8 Å². The lowest BCUT2D eigenvalue weighted by Crippen LogP contribution is -2.25. The monoisotopic (exact) mass is 140 g/mol. The van der Waals surface area contributed by atoms with Crippen LogP contribution in [-0.4, -0.2) is 10.7 Å². The third-order valence-electron chi connectivity index (χ3n) is 1.33. The zero-order valence-corrected chi connectivity index (χ0v) is 7.02. The molecule has 1 atom stereocenters. The zero-order chi connectivity index (χ0) is 8.20. The molecule has 1 N–H and O–H groups in total. The Morgan fingerprint density at radius 3 is 2.40 bits per heavy atom. The van der Waals surface area contributed by atoms with Crippen molar-refractivity contribution in [2.75, 3.05) is 0 Å². The van der Waals surface area contributed by atoms with Crippen LogP contribution in [0.1, 0.15) is 33.6 Å². The van der Waals surface area contributed by atoms with E-state index < -0.39 is 5.60 Å². The van der Waals surface area contributed by atoms with Crippen LogP contribution in [0.25, 0.3) is 0 Å². The molecule has 0 aromatic heterocycles. The Morgan fingerprint density at radius 1 is 1.60 bits per heavy atom. The van der Waals surface area contributed by atoms with E-state index in [-0.39, 0.29) is 0 Å². The molecule has 0 fully saturated rings. The van der Waals surface area contributed by atoms with E-state index in [4.69, 9.17) is 6.42 Å². The Kier molecular flexibility index (Phi) is 3.46. The Hall–Kier alpha value is -0.480. The Balaban J connectivity index is 3.77. The van der Waals surface area contributed by atoms with E-state index in [0.29, 0.717) is 12.3 Å². The summed E-state index contributed by atoms with van der Waals surface area (Å²) in [5.41, 5.74) is -0.664. The highest BCUT2D eigenvalue weighted by molar-refractivity contribution is 4.93. The van der Waals surface area contributed by atoms with Gasteiger partial charge in [0.15, 0.2) is 0 Å². The highest BCUT2D eigenvalue weighted by atomic mass is 16.3. The molecule has 0 radical (unpaired) electrons. The topological polar surface area (TPSA) is 20.2 Å². The molecule has 0 rings (SSSR count). The first kappa shape index (κ1) is 9.52. The van der Waals surface area contributed by atoms with E-state index in [1.165, 1.54) is 0 Å². The lowest BCUT2D eigenvalue weighted by Gasteiger charge is -2.22. The van der Waals surface area contributed by atoms with Crippen LogP contribution in [0.15, 0.2) is 0 Å². The minimum absolute atomic E-state index is 0.450. The van der Waals surface area contributed by atoms with E-state index in [1.807, 2.05) is 0 Å². The van der Waals surface area contributed by atoms with Crippen LogP contribution >= 0.6 is 0 Å². The lowest BCUT2D eigenvalue weighted by molar-refractivity contribution is 0.0436. The van der Waals surface area contributed by atoms with Gasteiger partial charge in [-0.15, -0.1) is 12.3 Å². The van der Waals surface area contributed by atoms with Gasteiger partial charge in [0, 0.05) is 6.42 Å². The number of terminal acetylenes is 1. The lowest BCUT2D eigenvalue weighted by atomic mass is 9.92. The van der Waals surface area contributed by atoms with Crippen molar-refractivity contribution in [3.05, 3.63) is 0 Å². The van der Waals surface area contributed by atoms with Gasteiger partial charge in [-0.2, -0.15) is 0 Å².